The molecule has 0 bridgehead atoms. The summed E-state index contributed by atoms with van der Waals surface area (Å²) < 4.78 is 12.9. The average molecular weight is 413 g/mol. The number of fused-ring (bicyclic) bond motifs is 5. The molecule has 4 heteroatoms. The topological polar surface area (TPSA) is 18.5 Å². The minimum atomic E-state index is -1.58. The molecule has 2 aliphatic rings. The standard InChI is InChI=1S/C24H36O2Si2/c1-24-15-14-20-19-11-9-18(25-27(2,3)4)16-17(19)8-10-21(20)22(24)12-13-23(24)26-28(5,6)7/h8-11,16,22-23H,12-15H2,1-7H3/t22-,23+,24-/m0/s1. The molecule has 0 aliphatic heterocycles. The number of rotatable bonds is 4. The Morgan fingerprint density at radius 1 is 0.929 bits per heavy atom. The molecule has 28 heavy (non-hydrogen) atoms. The van der Waals surface area contributed by atoms with Crippen LogP contribution in [0.3, 0.4) is 0 Å². The summed E-state index contributed by atoms with van der Waals surface area (Å²) in [4.78, 5) is 0. The largest absolute Gasteiger partial charge is 0.544 e. The highest BCUT2D eigenvalue weighted by Crippen LogP contribution is 2.57. The molecule has 2 aliphatic carbocycles. The normalized spacial score (nSPS) is 27.5. The molecule has 3 atom stereocenters. The molecular weight excluding hydrogens is 376 g/mol. The van der Waals surface area contributed by atoms with Crippen molar-refractivity contribution in [2.24, 2.45) is 5.41 Å². The summed E-state index contributed by atoms with van der Waals surface area (Å²) in [6.45, 7) is 16.2. The third-order valence-corrected chi connectivity index (χ3v) is 8.44. The Bertz CT molecular complexity index is 894. The number of hydrogen-bond acceptors (Lipinski definition) is 2. The van der Waals surface area contributed by atoms with E-state index in [4.69, 9.17) is 8.85 Å². The van der Waals surface area contributed by atoms with Gasteiger partial charge in [-0.05, 0) is 110 Å². The first-order chi connectivity index (χ1) is 13.0. The number of benzene rings is 2. The van der Waals surface area contributed by atoms with Crippen molar-refractivity contribution in [2.45, 2.75) is 83.9 Å². The molecule has 0 spiro atoms. The van der Waals surface area contributed by atoms with Crippen LogP contribution in [0.5, 0.6) is 5.75 Å². The first-order valence-electron chi connectivity index (χ1n) is 10.9. The zero-order valence-corrected chi connectivity index (χ0v) is 20.7. The lowest BCUT2D eigenvalue weighted by molar-refractivity contribution is 0.0604. The van der Waals surface area contributed by atoms with Gasteiger partial charge in [0.05, 0.1) is 6.10 Å². The SMILES string of the molecule is C[C@]12CCc3c(ccc4cc(O[Si](C)(C)C)ccc34)[C@@H]1CC[C@H]2O[Si](C)(C)C. The molecule has 0 amide bonds. The van der Waals surface area contributed by atoms with E-state index in [1.54, 1.807) is 11.1 Å². The first-order valence-corrected chi connectivity index (χ1v) is 17.7. The van der Waals surface area contributed by atoms with Crippen LogP contribution in [-0.2, 0) is 10.8 Å². The Morgan fingerprint density at radius 2 is 1.68 bits per heavy atom. The van der Waals surface area contributed by atoms with Crippen LogP contribution in [0.1, 0.15) is 43.2 Å². The molecule has 1 fully saturated rings. The lowest BCUT2D eigenvalue weighted by Gasteiger charge is -2.43. The fourth-order valence-electron chi connectivity index (χ4n) is 5.47. The highest BCUT2D eigenvalue weighted by atomic mass is 28.4. The molecule has 4 rings (SSSR count). The van der Waals surface area contributed by atoms with Crippen molar-refractivity contribution in [3.8, 4) is 5.75 Å². The van der Waals surface area contributed by atoms with Crippen molar-refractivity contribution in [1.82, 2.24) is 0 Å². The summed E-state index contributed by atoms with van der Waals surface area (Å²) in [6, 6.07) is 11.5. The van der Waals surface area contributed by atoms with Gasteiger partial charge in [0.15, 0.2) is 8.32 Å². The third-order valence-electron chi connectivity index (χ3n) is 6.60. The predicted molar refractivity (Wildman–Crippen MR) is 125 cm³/mol. The maximum atomic E-state index is 6.66. The summed E-state index contributed by atoms with van der Waals surface area (Å²) in [5.74, 6) is 1.66. The molecule has 2 aromatic rings. The van der Waals surface area contributed by atoms with Crippen LogP contribution in [0.2, 0.25) is 39.3 Å². The molecule has 0 heterocycles. The van der Waals surface area contributed by atoms with E-state index < -0.39 is 16.6 Å². The minimum Gasteiger partial charge on any atom is -0.544 e. The van der Waals surface area contributed by atoms with Crippen molar-refractivity contribution >= 4 is 27.4 Å². The highest BCUT2D eigenvalue weighted by molar-refractivity contribution is 6.70. The molecule has 152 valence electrons. The summed E-state index contributed by atoms with van der Waals surface area (Å²) in [5.41, 5.74) is 3.46. The van der Waals surface area contributed by atoms with Crippen LogP contribution in [0, 0.1) is 5.41 Å². The average Bonchev–Trinajstić information content (AvgIpc) is 2.88. The van der Waals surface area contributed by atoms with Crippen molar-refractivity contribution in [3.05, 3.63) is 41.5 Å². The van der Waals surface area contributed by atoms with Gasteiger partial charge >= 0.3 is 0 Å². The molecule has 0 unspecified atom stereocenters. The number of aryl methyl sites for hydroxylation is 1. The summed E-state index contributed by atoms with van der Waals surface area (Å²) in [6.07, 6.45) is 5.32. The van der Waals surface area contributed by atoms with Gasteiger partial charge in [-0.15, -0.1) is 0 Å². The van der Waals surface area contributed by atoms with Gasteiger partial charge in [-0.25, -0.2) is 0 Å². The quantitative estimate of drug-likeness (QED) is 0.498. The lowest BCUT2D eigenvalue weighted by atomic mass is 9.65. The van der Waals surface area contributed by atoms with Gasteiger partial charge in [0.2, 0.25) is 8.32 Å². The van der Waals surface area contributed by atoms with Gasteiger partial charge in [-0.1, -0.05) is 25.1 Å². The first kappa shape index (κ1) is 20.2. The Labute approximate surface area is 172 Å². The van der Waals surface area contributed by atoms with Gasteiger partial charge in [-0.3, -0.25) is 0 Å². The predicted octanol–water partition coefficient (Wildman–Crippen LogP) is 7.10. The van der Waals surface area contributed by atoms with Gasteiger partial charge in [0.25, 0.3) is 0 Å². The van der Waals surface area contributed by atoms with E-state index in [0.29, 0.717) is 17.4 Å². The second-order valence-corrected chi connectivity index (χ2v) is 20.0. The van der Waals surface area contributed by atoms with Crippen molar-refractivity contribution in [2.75, 3.05) is 0 Å². The van der Waals surface area contributed by atoms with E-state index in [1.165, 1.54) is 36.5 Å². The van der Waals surface area contributed by atoms with Gasteiger partial charge in [0, 0.05) is 0 Å². The minimum absolute atomic E-state index is 0.293. The molecule has 1 saturated carbocycles. The maximum absolute atomic E-state index is 6.66. The zero-order chi connectivity index (χ0) is 20.3. The van der Waals surface area contributed by atoms with Crippen LogP contribution in [0.4, 0.5) is 0 Å². The number of hydrogen-bond donors (Lipinski definition) is 0. The molecule has 2 aromatic carbocycles. The summed E-state index contributed by atoms with van der Waals surface area (Å²) >= 11 is 0. The Morgan fingerprint density at radius 3 is 2.36 bits per heavy atom. The van der Waals surface area contributed by atoms with E-state index in [2.05, 4.69) is 76.5 Å². The third kappa shape index (κ3) is 3.71. The molecule has 0 aromatic heterocycles. The second-order valence-electron chi connectivity index (χ2n) is 11.1. The van der Waals surface area contributed by atoms with Gasteiger partial charge in [0.1, 0.15) is 5.75 Å². The summed E-state index contributed by atoms with van der Waals surface area (Å²) in [5, 5.41) is 2.75. The van der Waals surface area contributed by atoms with Crippen LogP contribution < -0.4 is 4.43 Å². The van der Waals surface area contributed by atoms with Gasteiger partial charge in [-0.2, -0.15) is 0 Å². The Hall–Kier alpha value is -1.11. The van der Waals surface area contributed by atoms with Crippen LogP contribution in [0.25, 0.3) is 10.8 Å². The molecule has 0 N–H and O–H groups in total. The lowest BCUT2D eigenvalue weighted by Crippen LogP contribution is -2.42. The van der Waals surface area contributed by atoms with E-state index in [0.717, 1.165) is 5.75 Å². The summed E-state index contributed by atoms with van der Waals surface area (Å²) in [7, 11) is -3.10. The van der Waals surface area contributed by atoms with Crippen LogP contribution in [-0.4, -0.2) is 22.7 Å². The molecule has 0 saturated heterocycles. The Kier molecular flexibility index (Phi) is 4.84. The molecule has 2 nitrogen and oxygen atoms in total. The van der Waals surface area contributed by atoms with Crippen molar-refractivity contribution < 1.29 is 8.85 Å². The van der Waals surface area contributed by atoms with Crippen LogP contribution >= 0.6 is 0 Å². The zero-order valence-electron chi connectivity index (χ0n) is 18.7. The fourth-order valence-corrected chi connectivity index (χ4v) is 7.55. The van der Waals surface area contributed by atoms with Gasteiger partial charge < -0.3 is 8.85 Å². The van der Waals surface area contributed by atoms with Crippen LogP contribution in [0.15, 0.2) is 30.3 Å². The van der Waals surface area contributed by atoms with E-state index in [1.807, 2.05) is 0 Å². The molecular formula is C24H36O2Si2. The highest BCUT2D eigenvalue weighted by Gasteiger charge is 2.51. The maximum Gasteiger partial charge on any atom is 0.242 e. The Balaban J connectivity index is 1.69. The van der Waals surface area contributed by atoms with E-state index in [9.17, 15) is 0 Å². The fraction of sp³-hybridized carbons (Fsp3) is 0.583. The monoisotopic (exact) mass is 412 g/mol. The van der Waals surface area contributed by atoms with E-state index in [-0.39, 0.29) is 0 Å². The van der Waals surface area contributed by atoms with Crippen molar-refractivity contribution in [1.29, 1.82) is 0 Å². The van der Waals surface area contributed by atoms with Crippen molar-refractivity contribution in [3.63, 3.8) is 0 Å². The second kappa shape index (κ2) is 6.71. The van der Waals surface area contributed by atoms with E-state index >= 15 is 0 Å². The molecule has 0 radical (unpaired) electrons. The smallest absolute Gasteiger partial charge is 0.242 e.